The van der Waals surface area contributed by atoms with E-state index in [0.29, 0.717) is 12.2 Å². The van der Waals surface area contributed by atoms with E-state index in [1.165, 1.54) is 19.2 Å². The van der Waals surface area contributed by atoms with Crippen LogP contribution in [-0.2, 0) is 16.4 Å². The van der Waals surface area contributed by atoms with E-state index in [9.17, 15) is 13.5 Å². The third kappa shape index (κ3) is 3.45. The molecule has 6 heteroatoms. The van der Waals surface area contributed by atoms with Gasteiger partial charge in [-0.1, -0.05) is 24.3 Å². The van der Waals surface area contributed by atoms with Crippen LogP contribution >= 0.6 is 0 Å². The maximum atomic E-state index is 12.7. The lowest BCUT2D eigenvalue weighted by Gasteiger charge is -2.24. The summed E-state index contributed by atoms with van der Waals surface area (Å²) in [4.78, 5) is 0.150. The third-order valence-electron chi connectivity index (χ3n) is 4.37. The van der Waals surface area contributed by atoms with Crippen LogP contribution in [0.2, 0.25) is 0 Å². The summed E-state index contributed by atoms with van der Waals surface area (Å²) in [5.74, 6) is 0.591. The molecule has 0 amide bonds. The highest BCUT2D eigenvalue weighted by Crippen LogP contribution is 2.30. The summed E-state index contributed by atoms with van der Waals surface area (Å²) < 4.78 is 33.1. The van der Waals surface area contributed by atoms with Gasteiger partial charge in [0.2, 0.25) is 10.0 Å². The van der Waals surface area contributed by atoms with Gasteiger partial charge in [-0.3, -0.25) is 0 Å². The summed E-state index contributed by atoms with van der Waals surface area (Å²) in [7, 11) is -2.21. The summed E-state index contributed by atoms with van der Waals surface area (Å²) in [6.45, 7) is 0. The van der Waals surface area contributed by atoms with Crippen molar-refractivity contribution >= 4 is 10.0 Å². The topological polar surface area (TPSA) is 75.6 Å². The molecule has 24 heavy (non-hydrogen) atoms. The molecular formula is C18H21NO4S. The molecule has 128 valence electrons. The van der Waals surface area contributed by atoms with Crippen LogP contribution in [0.15, 0.2) is 53.4 Å². The molecule has 2 N–H and O–H groups in total. The van der Waals surface area contributed by atoms with E-state index in [1.54, 1.807) is 12.1 Å². The van der Waals surface area contributed by atoms with Gasteiger partial charge in [0.25, 0.3) is 0 Å². The smallest absolute Gasteiger partial charge is 0.241 e. The Hall–Kier alpha value is -1.89. The zero-order valence-electron chi connectivity index (χ0n) is 13.5. The fourth-order valence-electron chi connectivity index (χ4n) is 3.07. The monoisotopic (exact) mass is 347 g/mol. The Balaban J connectivity index is 1.92. The number of aliphatic hydroxyl groups is 1. The molecule has 2 atom stereocenters. The van der Waals surface area contributed by atoms with Crippen LogP contribution in [0.3, 0.4) is 0 Å². The molecule has 1 aliphatic rings. The number of ether oxygens (including phenoxy) is 1. The van der Waals surface area contributed by atoms with E-state index in [4.69, 9.17) is 4.74 Å². The van der Waals surface area contributed by atoms with Gasteiger partial charge >= 0.3 is 0 Å². The Kier molecular flexibility index (Phi) is 4.89. The van der Waals surface area contributed by atoms with Crippen LogP contribution in [0.4, 0.5) is 0 Å². The SMILES string of the molecule is COc1ccc(S(=O)(=O)N[C@H]2c3ccccc3CCC[C@@H]2O)cc1. The average Bonchev–Trinajstić information content (AvgIpc) is 2.74. The number of nitrogens with one attached hydrogen (secondary N) is 1. The molecule has 1 aliphatic carbocycles. The quantitative estimate of drug-likeness (QED) is 0.833. The molecule has 0 spiro atoms. The van der Waals surface area contributed by atoms with E-state index in [-0.39, 0.29) is 4.90 Å². The molecule has 0 bridgehead atoms. The van der Waals surface area contributed by atoms with Crippen LogP contribution in [0, 0.1) is 0 Å². The van der Waals surface area contributed by atoms with E-state index in [0.717, 1.165) is 24.0 Å². The van der Waals surface area contributed by atoms with Crippen molar-refractivity contribution in [2.24, 2.45) is 0 Å². The van der Waals surface area contributed by atoms with E-state index in [2.05, 4.69) is 4.72 Å². The van der Waals surface area contributed by atoms with Crippen molar-refractivity contribution in [3.8, 4) is 5.75 Å². The molecule has 0 aliphatic heterocycles. The summed E-state index contributed by atoms with van der Waals surface area (Å²) in [5.41, 5.74) is 1.93. The van der Waals surface area contributed by atoms with Gasteiger partial charge < -0.3 is 9.84 Å². The van der Waals surface area contributed by atoms with Crippen molar-refractivity contribution in [2.75, 3.05) is 7.11 Å². The zero-order valence-corrected chi connectivity index (χ0v) is 14.3. The Bertz CT molecular complexity index is 802. The fourth-order valence-corrected chi connectivity index (χ4v) is 4.32. The molecule has 0 unspecified atom stereocenters. The first-order valence-electron chi connectivity index (χ1n) is 7.93. The van der Waals surface area contributed by atoms with E-state index in [1.807, 2.05) is 24.3 Å². The van der Waals surface area contributed by atoms with E-state index >= 15 is 0 Å². The number of aliphatic hydroxyl groups excluding tert-OH is 1. The molecular weight excluding hydrogens is 326 g/mol. The van der Waals surface area contributed by atoms with Gasteiger partial charge in [0.15, 0.2) is 0 Å². The van der Waals surface area contributed by atoms with Crippen LogP contribution in [-0.4, -0.2) is 26.7 Å². The average molecular weight is 347 g/mol. The minimum absolute atomic E-state index is 0.150. The Morgan fingerprint density at radius 2 is 1.83 bits per heavy atom. The molecule has 0 radical (unpaired) electrons. The normalized spacial score (nSPS) is 20.9. The summed E-state index contributed by atoms with van der Waals surface area (Å²) in [5, 5.41) is 10.4. The number of rotatable bonds is 4. The second-order valence-corrected chi connectivity index (χ2v) is 7.65. The van der Waals surface area contributed by atoms with Crippen LogP contribution in [0.25, 0.3) is 0 Å². The number of methoxy groups -OCH3 is 1. The zero-order chi connectivity index (χ0) is 17.2. The van der Waals surface area contributed by atoms with Gasteiger partial charge in [0.05, 0.1) is 24.2 Å². The predicted octanol–water partition coefficient (Wildman–Crippen LogP) is 2.41. The van der Waals surface area contributed by atoms with Crippen LogP contribution < -0.4 is 9.46 Å². The standard InChI is InChI=1S/C18H21NO4S/c1-23-14-9-11-15(12-10-14)24(21,22)19-18-16-7-3-2-5-13(16)6-4-8-17(18)20/h2-3,5,7,9-12,17-20H,4,6,8H2,1H3/t17-,18-/m0/s1. The molecule has 0 fully saturated rings. The van der Waals surface area contributed by atoms with Gasteiger partial charge in [-0.2, -0.15) is 0 Å². The van der Waals surface area contributed by atoms with Gasteiger partial charge in [0, 0.05) is 0 Å². The molecule has 3 rings (SSSR count). The second-order valence-electron chi connectivity index (χ2n) is 5.93. The first-order valence-corrected chi connectivity index (χ1v) is 9.42. The summed E-state index contributed by atoms with van der Waals surface area (Å²) >= 11 is 0. The number of hydrogen-bond acceptors (Lipinski definition) is 4. The van der Waals surface area contributed by atoms with Crippen molar-refractivity contribution in [3.05, 3.63) is 59.7 Å². The van der Waals surface area contributed by atoms with Crippen molar-refractivity contribution in [1.82, 2.24) is 4.72 Å². The number of hydrogen-bond donors (Lipinski definition) is 2. The molecule has 0 saturated heterocycles. The largest absolute Gasteiger partial charge is 0.497 e. The highest BCUT2D eigenvalue weighted by molar-refractivity contribution is 7.89. The molecule has 0 saturated carbocycles. The minimum atomic E-state index is -3.74. The summed E-state index contributed by atoms with van der Waals surface area (Å²) in [6.07, 6.45) is 1.49. The number of aryl methyl sites for hydroxylation is 1. The first-order chi connectivity index (χ1) is 11.5. The van der Waals surface area contributed by atoms with Crippen molar-refractivity contribution in [2.45, 2.75) is 36.3 Å². The van der Waals surface area contributed by atoms with Gasteiger partial charge in [0.1, 0.15) is 5.75 Å². The van der Waals surface area contributed by atoms with Crippen LogP contribution in [0.5, 0.6) is 5.75 Å². The molecule has 5 nitrogen and oxygen atoms in total. The third-order valence-corrected chi connectivity index (χ3v) is 5.83. The molecule has 0 aromatic heterocycles. The lowest BCUT2D eigenvalue weighted by molar-refractivity contribution is 0.129. The van der Waals surface area contributed by atoms with Crippen molar-refractivity contribution < 1.29 is 18.3 Å². The minimum Gasteiger partial charge on any atom is -0.497 e. The van der Waals surface area contributed by atoms with Crippen LogP contribution in [0.1, 0.15) is 30.0 Å². The predicted molar refractivity (Wildman–Crippen MR) is 91.4 cm³/mol. The maximum Gasteiger partial charge on any atom is 0.241 e. The summed E-state index contributed by atoms with van der Waals surface area (Å²) in [6, 6.07) is 13.2. The Morgan fingerprint density at radius 3 is 2.54 bits per heavy atom. The Morgan fingerprint density at radius 1 is 1.12 bits per heavy atom. The first kappa shape index (κ1) is 17.0. The highest BCUT2D eigenvalue weighted by atomic mass is 32.2. The lowest BCUT2D eigenvalue weighted by atomic mass is 9.99. The van der Waals surface area contributed by atoms with Crippen molar-refractivity contribution in [3.63, 3.8) is 0 Å². The lowest BCUT2D eigenvalue weighted by Crippen LogP contribution is -2.36. The molecule has 2 aromatic carbocycles. The number of fused-ring (bicyclic) bond motifs is 1. The second kappa shape index (κ2) is 6.93. The Labute approximate surface area is 142 Å². The number of benzene rings is 2. The highest BCUT2D eigenvalue weighted by Gasteiger charge is 2.30. The molecule has 0 heterocycles. The van der Waals surface area contributed by atoms with Crippen molar-refractivity contribution in [1.29, 1.82) is 0 Å². The fraction of sp³-hybridized carbons (Fsp3) is 0.333. The maximum absolute atomic E-state index is 12.7. The number of sulfonamides is 1. The van der Waals surface area contributed by atoms with Gasteiger partial charge in [-0.15, -0.1) is 0 Å². The molecule has 2 aromatic rings. The van der Waals surface area contributed by atoms with Gasteiger partial charge in [-0.05, 0) is 54.7 Å². The van der Waals surface area contributed by atoms with Gasteiger partial charge in [-0.25, -0.2) is 13.1 Å². The van der Waals surface area contributed by atoms with E-state index < -0.39 is 22.2 Å².